The van der Waals surface area contributed by atoms with Crippen LogP contribution in [0.5, 0.6) is 0 Å². The summed E-state index contributed by atoms with van der Waals surface area (Å²) in [7, 11) is 0. The Morgan fingerprint density at radius 1 is 0.852 bits per heavy atom. The molecule has 0 saturated heterocycles. The van der Waals surface area contributed by atoms with E-state index in [0.717, 1.165) is 31.5 Å². The third kappa shape index (κ3) is 5.09. The SMILES string of the molecule is CC.CC1C=CC2=C(C=C1)CC(Nc1ncnc3c1CCCCCCC3)C2. The number of aryl methyl sites for hydroxylation is 1. The van der Waals surface area contributed by atoms with Crippen LogP contribution >= 0.6 is 0 Å². The summed E-state index contributed by atoms with van der Waals surface area (Å²) in [6.45, 7) is 6.24. The van der Waals surface area contributed by atoms with Gasteiger partial charge in [0.1, 0.15) is 12.1 Å². The average molecular weight is 366 g/mol. The highest BCUT2D eigenvalue weighted by molar-refractivity contribution is 5.50. The Hall–Kier alpha value is -1.90. The molecule has 0 aliphatic heterocycles. The molecular formula is C24H35N3. The van der Waals surface area contributed by atoms with Crippen molar-refractivity contribution in [1.82, 2.24) is 9.97 Å². The summed E-state index contributed by atoms with van der Waals surface area (Å²) in [6.07, 6.45) is 22.0. The summed E-state index contributed by atoms with van der Waals surface area (Å²) in [5, 5.41) is 3.77. The quantitative estimate of drug-likeness (QED) is 0.679. The third-order valence-corrected chi connectivity index (χ3v) is 5.76. The number of rotatable bonds is 2. The van der Waals surface area contributed by atoms with Gasteiger partial charge < -0.3 is 5.32 Å². The number of aromatic nitrogens is 2. The number of hydrogen-bond acceptors (Lipinski definition) is 3. The molecular weight excluding hydrogens is 330 g/mol. The molecule has 27 heavy (non-hydrogen) atoms. The average Bonchev–Trinajstić information content (AvgIpc) is 3.05. The van der Waals surface area contributed by atoms with Gasteiger partial charge >= 0.3 is 0 Å². The van der Waals surface area contributed by atoms with E-state index in [1.165, 1.54) is 54.5 Å². The summed E-state index contributed by atoms with van der Waals surface area (Å²) in [5.41, 5.74) is 5.64. The van der Waals surface area contributed by atoms with Crippen LogP contribution in [0.4, 0.5) is 5.82 Å². The van der Waals surface area contributed by atoms with Crippen LogP contribution in [0.1, 0.15) is 77.0 Å². The molecule has 0 amide bonds. The first-order valence-corrected chi connectivity index (χ1v) is 11.0. The van der Waals surface area contributed by atoms with Crippen LogP contribution in [0.25, 0.3) is 0 Å². The molecule has 4 rings (SSSR count). The van der Waals surface area contributed by atoms with Gasteiger partial charge in [0.05, 0.1) is 0 Å². The first-order valence-electron chi connectivity index (χ1n) is 11.0. The van der Waals surface area contributed by atoms with Gasteiger partial charge in [0.25, 0.3) is 0 Å². The molecule has 3 heteroatoms. The molecule has 0 fully saturated rings. The molecule has 3 aliphatic carbocycles. The third-order valence-electron chi connectivity index (χ3n) is 5.76. The Kier molecular flexibility index (Phi) is 7.25. The van der Waals surface area contributed by atoms with Crippen molar-refractivity contribution in [2.45, 2.75) is 84.6 Å². The summed E-state index contributed by atoms with van der Waals surface area (Å²) in [6, 6.07) is 0.458. The zero-order valence-electron chi connectivity index (χ0n) is 17.3. The number of hydrogen-bond donors (Lipinski definition) is 1. The minimum absolute atomic E-state index is 0.458. The first kappa shape index (κ1) is 19.9. The molecule has 0 atom stereocenters. The largest absolute Gasteiger partial charge is 0.366 e. The summed E-state index contributed by atoms with van der Waals surface area (Å²) >= 11 is 0. The Morgan fingerprint density at radius 3 is 2.19 bits per heavy atom. The van der Waals surface area contributed by atoms with E-state index in [1.54, 1.807) is 6.33 Å². The van der Waals surface area contributed by atoms with Crippen LogP contribution in [0.2, 0.25) is 0 Å². The van der Waals surface area contributed by atoms with Gasteiger partial charge in [0.15, 0.2) is 0 Å². The van der Waals surface area contributed by atoms with E-state index in [4.69, 9.17) is 0 Å². The van der Waals surface area contributed by atoms with E-state index in [1.807, 2.05) is 13.8 Å². The fraction of sp³-hybridized carbons (Fsp3) is 0.583. The van der Waals surface area contributed by atoms with E-state index >= 15 is 0 Å². The normalized spacial score (nSPS) is 20.6. The fourth-order valence-electron chi connectivity index (χ4n) is 4.29. The molecule has 0 radical (unpaired) electrons. The zero-order chi connectivity index (χ0) is 19.1. The van der Waals surface area contributed by atoms with E-state index < -0.39 is 0 Å². The number of allylic oxidation sites excluding steroid dienone is 4. The van der Waals surface area contributed by atoms with Gasteiger partial charge in [0, 0.05) is 17.3 Å². The predicted molar refractivity (Wildman–Crippen MR) is 115 cm³/mol. The Bertz CT molecular complexity index is 688. The standard InChI is InChI=1S/C22H29N3.C2H6/c1-16-9-11-17-13-19(14-18(17)12-10-16)25-22-20-7-5-3-2-4-6-8-21(20)23-15-24-22;1-2/h9-12,15-16,19H,2-8,13-14H2,1H3,(H,23,24,25);1-2H3. The highest BCUT2D eigenvalue weighted by atomic mass is 15.0. The molecule has 146 valence electrons. The smallest absolute Gasteiger partial charge is 0.133 e. The molecule has 1 aromatic heterocycles. The Balaban J connectivity index is 0.00000102. The van der Waals surface area contributed by atoms with Gasteiger partial charge in [-0.15, -0.1) is 0 Å². The lowest BCUT2D eigenvalue weighted by molar-refractivity contribution is 0.628. The van der Waals surface area contributed by atoms with Crippen LogP contribution in [0.3, 0.4) is 0 Å². The lowest BCUT2D eigenvalue weighted by Crippen LogP contribution is -2.19. The van der Waals surface area contributed by atoms with Crippen molar-refractivity contribution in [3.8, 4) is 0 Å². The second-order valence-electron chi connectivity index (χ2n) is 7.79. The van der Waals surface area contributed by atoms with Crippen molar-refractivity contribution in [1.29, 1.82) is 0 Å². The summed E-state index contributed by atoms with van der Waals surface area (Å²) in [4.78, 5) is 9.24. The van der Waals surface area contributed by atoms with Crippen LogP contribution < -0.4 is 5.32 Å². The van der Waals surface area contributed by atoms with Gasteiger partial charge in [-0.25, -0.2) is 9.97 Å². The highest BCUT2D eigenvalue weighted by Gasteiger charge is 2.24. The van der Waals surface area contributed by atoms with Crippen molar-refractivity contribution in [3.05, 3.63) is 53.0 Å². The van der Waals surface area contributed by atoms with Crippen LogP contribution in [0.15, 0.2) is 41.8 Å². The molecule has 1 aromatic rings. The highest BCUT2D eigenvalue weighted by Crippen LogP contribution is 2.33. The molecule has 0 saturated carbocycles. The maximum atomic E-state index is 4.63. The van der Waals surface area contributed by atoms with Gasteiger partial charge in [-0.3, -0.25) is 0 Å². The molecule has 0 unspecified atom stereocenters. The summed E-state index contributed by atoms with van der Waals surface area (Å²) in [5.74, 6) is 1.64. The van der Waals surface area contributed by atoms with Gasteiger partial charge in [-0.1, -0.05) is 64.3 Å². The van der Waals surface area contributed by atoms with Crippen molar-refractivity contribution >= 4 is 5.82 Å². The topological polar surface area (TPSA) is 37.8 Å². The maximum absolute atomic E-state index is 4.63. The predicted octanol–water partition coefficient (Wildman–Crippen LogP) is 6.18. The van der Waals surface area contributed by atoms with E-state index in [0.29, 0.717) is 12.0 Å². The van der Waals surface area contributed by atoms with Crippen molar-refractivity contribution in [2.24, 2.45) is 5.92 Å². The van der Waals surface area contributed by atoms with Crippen molar-refractivity contribution in [2.75, 3.05) is 5.32 Å². The second kappa shape index (κ2) is 9.87. The maximum Gasteiger partial charge on any atom is 0.133 e. The van der Waals surface area contributed by atoms with E-state index in [9.17, 15) is 0 Å². The number of fused-ring (bicyclic) bond motifs is 1. The van der Waals surface area contributed by atoms with Gasteiger partial charge in [0.2, 0.25) is 0 Å². The monoisotopic (exact) mass is 365 g/mol. The van der Waals surface area contributed by atoms with Gasteiger partial charge in [-0.05, 0) is 55.6 Å². The molecule has 0 aromatic carbocycles. The van der Waals surface area contributed by atoms with Crippen LogP contribution in [-0.4, -0.2) is 16.0 Å². The minimum Gasteiger partial charge on any atom is -0.366 e. The van der Waals surface area contributed by atoms with E-state index in [2.05, 4.69) is 46.5 Å². The molecule has 3 aliphatic rings. The van der Waals surface area contributed by atoms with Crippen LogP contribution in [-0.2, 0) is 12.8 Å². The van der Waals surface area contributed by atoms with Crippen molar-refractivity contribution in [3.63, 3.8) is 0 Å². The number of nitrogens with zero attached hydrogens (tertiary/aromatic N) is 2. The lowest BCUT2D eigenvalue weighted by atomic mass is 10.0. The molecule has 1 heterocycles. The molecule has 3 nitrogen and oxygen atoms in total. The zero-order valence-corrected chi connectivity index (χ0v) is 17.3. The number of anilines is 1. The van der Waals surface area contributed by atoms with Crippen LogP contribution in [0, 0.1) is 5.92 Å². The fourth-order valence-corrected chi connectivity index (χ4v) is 4.29. The molecule has 1 N–H and O–H groups in total. The molecule has 0 bridgehead atoms. The first-order chi connectivity index (χ1) is 13.3. The van der Waals surface area contributed by atoms with Crippen molar-refractivity contribution < 1.29 is 0 Å². The van der Waals surface area contributed by atoms with Gasteiger partial charge in [-0.2, -0.15) is 0 Å². The lowest BCUT2D eigenvalue weighted by Gasteiger charge is -2.18. The number of nitrogens with one attached hydrogen (secondary N) is 1. The van der Waals surface area contributed by atoms with E-state index in [-0.39, 0.29) is 0 Å². The Labute approximate surface area is 165 Å². The Morgan fingerprint density at radius 2 is 1.48 bits per heavy atom. The minimum atomic E-state index is 0.458. The molecule has 0 spiro atoms. The second-order valence-corrected chi connectivity index (χ2v) is 7.79. The summed E-state index contributed by atoms with van der Waals surface area (Å²) < 4.78 is 0.